The molecule has 3 aliphatic carbocycles. The van der Waals surface area contributed by atoms with Gasteiger partial charge in [0.15, 0.2) is 0 Å². The number of ether oxygens (including phenoxy) is 4. The number of carbonyl (C=O) groups is 4. The maximum atomic E-state index is 13.2. The second-order valence-electron chi connectivity index (χ2n) is 12.9. The minimum Gasteiger partial charge on any atom is -0.461 e. The van der Waals surface area contributed by atoms with E-state index in [4.69, 9.17) is 18.9 Å². The third kappa shape index (κ3) is 6.23. The molecule has 0 amide bonds. The van der Waals surface area contributed by atoms with E-state index in [1.807, 2.05) is 27.7 Å². The zero-order chi connectivity index (χ0) is 31.2. The van der Waals surface area contributed by atoms with Gasteiger partial charge in [0.05, 0.1) is 18.1 Å². The average molecular weight is 579 g/mol. The molecule has 2 saturated carbocycles. The zero-order valence-electron chi connectivity index (χ0n) is 25.7. The molecule has 0 aromatic carbocycles. The molecule has 0 aromatic heterocycles. The highest BCUT2D eigenvalue weighted by Crippen LogP contribution is 2.60. The number of hydrogen-bond acceptors (Lipinski definition) is 10. The standard InChI is InChI=1S/C31H46O10/c1-14-11-22(41-29(37)15(2)17(4)32)27-28(40-20(7)35)26-16(3)21(38-18(5)33)12-24(36)31(26,10)13-23(39-19(6)34)25(14)30(27,8)9/h15,17,21-24,26-28,32,36H,3,11-13H2,1-2,4-10H3/t15?,17?,21-,22-,23-,24-,26-,27-,28-,31+/m0/s1. The van der Waals surface area contributed by atoms with Crippen molar-refractivity contribution in [2.24, 2.45) is 28.6 Å². The number of fused-ring (bicyclic) bond motifs is 3. The normalized spacial score (nSPS) is 36.1. The first-order chi connectivity index (χ1) is 18.8. The second kappa shape index (κ2) is 11.9. The predicted molar refractivity (Wildman–Crippen MR) is 148 cm³/mol. The lowest BCUT2D eigenvalue weighted by Crippen LogP contribution is -2.63. The molecule has 10 heteroatoms. The molecule has 10 nitrogen and oxygen atoms in total. The molecule has 0 radical (unpaired) electrons. The summed E-state index contributed by atoms with van der Waals surface area (Å²) < 4.78 is 23.7. The van der Waals surface area contributed by atoms with E-state index in [-0.39, 0.29) is 19.3 Å². The van der Waals surface area contributed by atoms with E-state index in [9.17, 15) is 29.4 Å². The first-order valence-electron chi connectivity index (χ1n) is 14.3. The number of aliphatic hydroxyl groups is 2. The summed E-state index contributed by atoms with van der Waals surface area (Å²) >= 11 is 0. The Morgan fingerprint density at radius 2 is 1.46 bits per heavy atom. The Labute approximate surface area is 242 Å². The quantitative estimate of drug-likeness (QED) is 0.273. The highest BCUT2D eigenvalue weighted by Gasteiger charge is 2.63. The molecule has 2 unspecified atom stereocenters. The number of esters is 4. The van der Waals surface area contributed by atoms with Crippen LogP contribution in [0.5, 0.6) is 0 Å². The van der Waals surface area contributed by atoms with Gasteiger partial charge >= 0.3 is 23.9 Å². The van der Waals surface area contributed by atoms with Crippen molar-refractivity contribution in [3.63, 3.8) is 0 Å². The number of hydrogen-bond donors (Lipinski definition) is 2. The predicted octanol–water partition coefficient (Wildman–Crippen LogP) is 3.42. The zero-order valence-corrected chi connectivity index (χ0v) is 25.7. The van der Waals surface area contributed by atoms with E-state index in [1.165, 1.54) is 27.7 Å². The maximum absolute atomic E-state index is 13.2. The van der Waals surface area contributed by atoms with Gasteiger partial charge in [-0.1, -0.05) is 32.9 Å². The summed E-state index contributed by atoms with van der Waals surface area (Å²) in [6.07, 6.45) is -4.74. The molecule has 0 heterocycles. The van der Waals surface area contributed by atoms with Crippen LogP contribution in [-0.2, 0) is 38.1 Å². The Kier molecular flexibility index (Phi) is 9.50. The highest BCUT2D eigenvalue weighted by atomic mass is 16.6. The lowest BCUT2D eigenvalue weighted by Gasteiger charge is -2.59. The molecule has 3 rings (SSSR count). The van der Waals surface area contributed by atoms with Gasteiger partial charge in [0.25, 0.3) is 0 Å². The minimum absolute atomic E-state index is 0.0708. The third-order valence-electron chi connectivity index (χ3n) is 9.53. The van der Waals surface area contributed by atoms with Gasteiger partial charge in [-0.25, -0.2) is 0 Å². The SMILES string of the molecule is C=C1[C@@H](OC(C)=O)C[C@H](O)[C@@]2(C)C[C@H](OC(C)=O)C3=C(C)C[C@H](OC(=O)C(C)C(C)O)[C@@H]([C@@H](OC(C)=O)[C@H]12)C3(C)C. The topological polar surface area (TPSA) is 146 Å². The monoisotopic (exact) mass is 578 g/mol. The van der Waals surface area contributed by atoms with E-state index in [0.29, 0.717) is 5.57 Å². The summed E-state index contributed by atoms with van der Waals surface area (Å²) in [5, 5.41) is 21.7. The Morgan fingerprint density at radius 1 is 0.927 bits per heavy atom. The lowest BCUT2D eigenvalue weighted by atomic mass is 9.49. The van der Waals surface area contributed by atoms with Gasteiger partial charge < -0.3 is 29.2 Å². The van der Waals surface area contributed by atoms with Crippen molar-refractivity contribution < 1.29 is 48.3 Å². The van der Waals surface area contributed by atoms with Gasteiger partial charge in [-0.3, -0.25) is 19.2 Å². The van der Waals surface area contributed by atoms with Crippen molar-refractivity contribution in [2.75, 3.05) is 0 Å². The summed E-state index contributed by atoms with van der Waals surface area (Å²) in [5.41, 5.74) is 0.292. The number of carbonyl (C=O) groups excluding carboxylic acids is 4. The third-order valence-corrected chi connectivity index (χ3v) is 9.53. The van der Waals surface area contributed by atoms with Crippen molar-refractivity contribution in [3.05, 3.63) is 23.3 Å². The van der Waals surface area contributed by atoms with Crippen molar-refractivity contribution in [2.45, 2.75) is 118 Å². The number of aliphatic hydroxyl groups excluding tert-OH is 2. The minimum atomic E-state index is -1.04. The Morgan fingerprint density at radius 3 is 1.98 bits per heavy atom. The van der Waals surface area contributed by atoms with Crippen molar-refractivity contribution in [1.29, 1.82) is 0 Å². The van der Waals surface area contributed by atoms with Gasteiger partial charge in [-0.2, -0.15) is 0 Å². The Hall–Kier alpha value is -2.72. The molecule has 0 spiro atoms. The molecular formula is C31H46O10. The number of rotatable bonds is 6. The molecule has 2 fully saturated rings. The van der Waals surface area contributed by atoms with Crippen LogP contribution in [-0.4, -0.2) is 70.7 Å². The lowest BCUT2D eigenvalue weighted by molar-refractivity contribution is -0.199. The summed E-state index contributed by atoms with van der Waals surface area (Å²) in [7, 11) is 0. The first-order valence-corrected chi connectivity index (χ1v) is 14.3. The van der Waals surface area contributed by atoms with Crippen LogP contribution in [0.1, 0.15) is 81.6 Å². The van der Waals surface area contributed by atoms with Crippen LogP contribution in [0.15, 0.2) is 23.3 Å². The molecule has 0 aromatic rings. The molecule has 0 saturated heterocycles. The fraction of sp³-hybridized carbons (Fsp3) is 0.742. The average Bonchev–Trinajstić information content (AvgIpc) is 2.79. The van der Waals surface area contributed by atoms with Gasteiger partial charge in [-0.05, 0) is 43.8 Å². The van der Waals surface area contributed by atoms with Gasteiger partial charge in [0, 0.05) is 50.9 Å². The van der Waals surface area contributed by atoms with Crippen LogP contribution in [0.3, 0.4) is 0 Å². The molecule has 2 N–H and O–H groups in total. The van der Waals surface area contributed by atoms with E-state index in [1.54, 1.807) is 6.92 Å². The Bertz CT molecular complexity index is 1120. The van der Waals surface area contributed by atoms with Crippen LogP contribution in [0, 0.1) is 28.6 Å². The van der Waals surface area contributed by atoms with E-state index < -0.39 is 89.1 Å². The molecule has 2 bridgehead atoms. The molecule has 10 atom stereocenters. The van der Waals surface area contributed by atoms with Crippen LogP contribution >= 0.6 is 0 Å². The Balaban J connectivity index is 2.32. The van der Waals surface area contributed by atoms with E-state index in [2.05, 4.69) is 6.58 Å². The van der Waals surface area contributed by atoms with Gasteiger partial charge in [0.1, 0.15) is 24.4 Å². The molecule has 0 aliphatic heterocycles. The fourth-order valence-electron chi connectivity index (χ4n) is 7.58. The second-order valence-corrected chi connectivity index (χ2v) is 12.9. The summed E-state index contributed by atoms with van der Waals surface area (Å²) in [5.74, 6) is -4.42. The van der Waals surface area contributed by atoms with Crippen LogP contribution in [0.25, 0.3) is 0 Å². The largest absolute Gasteiger partial charge is 0.461 e. The van der Waals surface area contributed by atoms with Crippen molar-refractivity contribution >= 4 is 23.9 Å². The first kappa shape index (κ1) is 32.8. The van der Waals surface area contributed by atoms with Crippen LogP contribution < -0.4 is 0 Å². The van der Waals surface area contributed by atoms with Gasteiger partial charge in [0.2, 0.25) is 0 Å². The fourth-order valence-corrected chi connectivity index (χ4v) is 7.58. The molecule has 3 aliphatic rings. The van der Waals surface area contributed by atoms with Gasteiger partial charge in [-0.15, -0.1) is 0 Å². The summed E-state index contributed by atoms with van der Waals surface area (Å²) in [6.45, 7) is 18.9. The highest BCUT2D eigenvalue weighted by molar-refractivity contribution is 5.73. The molecular weight excluding hydrogens is 532 g/mol. The summed E-state index contributed by atoms with van der Waals surface area (Å²) in [6, 6.07) is 0. The smallest absolute Gasteiger partial charge is 0.311 e. The van der Waals surface area contributed by atoms with E-state index >= 15 is 0 Å². The van der Waals surface area contributed by atoms with Crippen molar-refractivity contribution in [1.82, 2.24) is 0 Å². The molecule has 41 heavy (non-hydrogen) atoms. The van der Waals surface area contributed by atoms with E-state index in [0.717, 1.165) is 11.1 Å². The maximum Gasteiger partial charge on any atom is 0.311 e. The van der Waals surface area contributed by atoms with Crippen molar-refractivity contribution in [3.8, 4) is 0 Å². The van der Waals surface area contributed by atoms with Crippen LogP contribution in [0.4, 0.5) is 0 Å². The van der Waals surface area contributed by atoms with Crippen LogP contribution in [0.2, 0.25) is 0 Å². The molecule has 230 valence electrons. The summed E-state index contributed by atoms with van der Waals surface area (Å²) in [4.78, 5) is 50.2.